The first kappa shape index (κ1) is 5.61. The molecule has 5 nitrogen and oxygen atoms in total. The standard InChI is InChI=1S/C4H4N4O/c9-8-7-4-3-5-1-2-6-4/h1-3H,(H,6,7,9)/p-1. The maximum atomic E-state index is 9.49. The SMILES string of the molecule is [O-]N=Nc1cnccn1. The van der Waals surface area contributed by atoms with Crippen LogP contribution in [0, 0.1) is 5.21 Å². The number of hydrogen-bond donors (Lipinski definition) is 0. The lowest BCUT2D eigenvalue weighted by molar-refractivity contribution is 1.11. The van der Waals surface area contributed by atoms with Crippen molar-refractivity contribution in [2.45, 2.75) is 0 Å². The fraction of sp³-hybridized carbons (Fsp3) is 0. The van der Waals surface area contributed by atoms with Crippen molar-refractivity contribution < 1.29 is 0 Å². The molecule has 0 radical (unpaired) electrons. The van der Waals surface area contributed by atoms with Crippen LogP contribution in [0.2, 0.25) is 0 Å². The van der Waals surface area contributed by atoms with Crippen molar-refractivity contribution in [2.75, 3.05) is 0 Å². The number of aromatic nitrogens is 2. The van der Waals surface area contributed by atoms with Crippen molar-refractivity contribution in [3.05, 3.63) is 23.8 Å². The zero-order valence-electron chi connectivity index (χ0n) is 4.43. The summed E-state index contributed by atoms with van der Waals surface area (Å²) in [4.78, 5) is 7.29. The Morgan fingerprint density at radius 1 is 1.44 bits per heavy atom. The van der Waals surface area contributed by atoms with Crippen LogP contribution in [-0.4, -0.2) is 9.97 Å². The molecule has 0 aliphatic rings. The third kappa shape index (κ3) is 1.45. The second-order valence-electron chi connectivity index (χ2n) is 1.25. The summed E-state index contributed by atoms with van der Waals surface area (Å²) < 4.78 is 0. The lowest BCUT2D eigenvalue weighted by Gasteiger charge is -1.88. The first-order valence-electron chi connectivity index (χ1n) is 2.23. The monoisotopic (exact) mass is 123 g/mol. The molecule has 0 fully saturated rings. The lowest BCUT2D eigenvalue weighted by atomic mass is 10.7. The van der Waals surface area contributed by atoms with Gasteiger partial charge in [0.25, 0.3) is 0 Å². The smallest absolute Gasteiger partial charge is 0.192 e. The van der Waals surface area contributed by atoms with Crippen LogP contribution in [0.15, 0.2) is 29.0 Å². The van der Waals surface area contributed by atoms with Crippen molar-refractivity contribution in [1.29, 1.82) is 0 Å². The maximum Gasteiger partial charge on any atom is 0.192 e. The van der Waals surface area contributed by atoms with Gasteiger partial charge in [0.2, 0.25) is 0 Å². The fourth-order valence-corrected chi connectivity index (χ4v) is 0.385. The highest BCUT2D eigenvalue weighted by atomic mass is 16.5. The average molecular weight is 123 g/mol. The number of hydrogen-bond acceptors (Lipinski definition) is 5. The minimum Gasteiger partial charge on any atom is -0.775 e. The van der Waals surface area contributed by atoms with Gasteiger partial charge >= 0.3 is 0 Å². The number of rotatable bonds is 1. The van der Waals surface area contributed by atoms with Gasteiger partial charge in [-0.15, -0.1) is 5.11 Å². The Bertz CT molecular complexity index is 197. The van der Waals surface area contributed by atoms with E-state index in [4.69, 9.17) is 0 Å². The first-order chi connectivity index (χ1) is 4.43. The first-order valence-corrected chi connectivity index (χ1v) is 2.23. The molecule has 0 aromatic carbocycles. The molecule has 0 spiro atoms. The second kappa shape index (κ2) is 2.71. The van der Waals surface area contributed by atoms with Crippen molar-refractivity contribution in [1.82, 2.24) is 9.97 Å². The third-order valence-corrected chi connectivity index (χ3v) is 0.693. The van der Waals surface area contributed by atoms with Crippen LogP contribution < -0.4 is 0 Å². The van der Waals surface area contributed by atoms with Crippen molar-refractivity contribution in [2.24, 2.45) is 10.4 Å². The topological polar surface area (TPSA) is 73.6 Å². The molecule has 1 heterocycles. The summed E-state index contributed by atoms with van der Waals surface area (Å²) in [7, 11) is 0. The van der Waals surface area contributed by atoms with Gasteiger partial charge in [-0.3, -0.25) is 4.98 Å². The van der Waals surface area contributed by atoms with Crippen LogP contribution in [0.5, 0.6) is 0 Å². The Morgan fingerprint density at radius 2 is 2.33 bits per heavy atom. The predicted molar refractivity (Wildman–Crippen MR) is 29.9 cm³/mol. The van der Waals surface area contributed by atoms with Crippen molar-refractivity contribution in [3.63, 3.8) is 0 Å². The van der Waals surface area contributed by atoms with Crippen LogP contribution in [-0.2, 0) is 0 Å². The lowest BCUT2D eigenvalue weighted by Crippen LogP contribution is -1.72. The summed E-state index contributed by atoms with van der Waals surface area (Å²) in [5.41, 5.74) is 0. The van der Waals surface area contributed by atoms with Gasteiger partial charge in [-0.2, -0.15) is 0 Å². The highest BCUT2D eigenvalue weighted by Crippen LogP contribution is 2.01. The highest BCUT2D eigenvalue weighted by molar-refractivity contribution is 5.18. The summed E-state index contributed by atoms with van der Waals surface area (Å²) in [6.07, 6.45) is 4.27. The normalized spacial score (nSPS) is 10.2. The molecule has 0 bridgehead atoms. The van der Waals surface area contributed by atoms with Gasteiger partial charge in [0.15, 0.2) is 5.82 Å². The van der Waals surface area contributed by atoms with Gasteiger partial charge < -0.3 is 5.21 Å². The van der Waals surface area contributed by atoms with Crippen LogP contribution in [0.25, 0.3) is 0 Å². The largest absolute Gasteiger partial charge is 0.775 e. The zero-order valence-corrected chi connectivity index (χ0v) is 4.43. The van der Waals surface area contributed by atoms with E-state index < -0.39 is 0 Å². The zero-order chi connectivity index (χ0) is 6.53. The summed E-state index contributed by atoms with van der Waals surface area (Å²) in [5, 5.41) is 14.9. The summed E-state index contributed by atoms with van der Waals surface area (Å²) in [6, 6.07) is 0. The van der Waals surface area contributed by atoms with E-state index in [2.05, 4.69) is 20.4 Å². The molecule has 0 N–H and O–H groups in total. The van der Waals surface area contributed by atoms with Crippen LogP contribution in [0.1, 0.15) is 0 Å². The molecule has 0 aliphatic heterocycles. The Kier molecular flexibility index (Phi) is 1.69. The van der Waals surface area contributed by atoms with Crippen LogP contribution in [0.4, 0.5) is 5.82 Å². The molecule has 0 amide bonds. The number of nitrogens with zero attached hydrogens (tertiary/aromatic N) is 4. The molecule has 0 atom stereocenters. The Labute approximate surface area is 51.1 Å². The van der Waals surface area contributed by atoms with Gasteiger partial charge in [-0.05, 0) is 0 Å². The molecule has 0 saturated carbocycles. The molecule has 5 heteroatoms. The minimum atomic E-state index is 0.229. The molecule has 1 rings (SSSR count). The van der Waals surface area contributed by atoms with Crippen LogP contribution >= 0.6 is 0 Å². The van der Waals surface area contributed by atoms with E-state index in [0.29, 0.717) is 0 Å². The summed E-state index contributed by atoms with van der Waals surface area (Å²) in [6.45, 7) is 0. The quantitative estimate of drug-likeness (QED) is 0.414. The fourth-order valence-electron chi connectivity index (χ4n) is 0.385. The van der Waals surface area contributed by atoms with Gasteiger partial charge in [0, 0.05) is 12.4 Å². The molecule has 1 aromatic rings. The minimum absolute atomic E-state index is 0.229. The molecular formula is C4H3N4O-. The van der Waals surface area contributed by atoms with Crippen molar-refractivity contribution in [3.8, 4) is 0 Å². The van der Waals surface area contributed by atoms with E-state index in [0.717, 1.165) is 0 Å². The van der Waals surface area contributed by atoms with E-state index in [1.165, 1.54) is 18.6 Å². The van der Waals surface area contributed by atoms with Gasteiger partial charge in [0.1, 0.15) is 0 Å². The van der Waals surface area contributed by atoms with Crippen LogP contribution in [0.3, 0.4) is 0 Å². The Morgan fingerprint density at radius 3 is 2.89 bits per heavy atom. The highest BCUT2D eigenvalue weighted by Gasteiger charge is 1.82. The van der Waals surface area contributed by atoms with Gasteiger partial charge in [-0.1, -0.05) is 0 Å². The van der Waals surface area contributed by atoms with E-state index in [-0.39, 0.29) is 5.82 Å². The second-order valence-corrected chi connectivity index (χ2v) is 1.25. The van der Waals surface area contributed by atoms with Crippen molar-refractivity contribution >= 4 is 5.82 Å². The molecule has 9 heavy (non-hydrogen) atoms. The summed E-state index contributed by atoms with van der Waals surface area (Å²) >= 11 is 0. The molecule has 0 unspecified atom stereocenters. The summed E-state index contributed by atoms with van der Waals surface area (Å²) in [5.74, 6) is 0.229. The maximum absolute atomic E-state index is 9.49. The van der Waals surface area contributed by atoms with E-state index >= 15 is 0 Å². The average Bonchev–Trinajstić information content (AvgIpc) is 1.91. The van der Waals surface area contributed by atoms with E-state index in [1.54, 1.807) is 0 Å². The Balaban J connectivity index is 2.85. The molecule has 46 valence electrons. The van der Waals surface area contributed by atoms with Gasteiger partial charge in [0.05, 0.1) is 6.20 Å². The predicted octanol–water partition coefficient (Wildman–Crippen LogP) is 1.06. The van der Waals surface area contributed by atoms with E-state index in [9.17, 15) is 5.21 Å². The third-order valence-electron chi connectivity index (χ3n) is 0.693. The molecular weight excluding hydrogens is 120 g/mol. The Hall–Kier alpha value is -1.52. The molecule has 1 aromatic heterocycles. The molecule has 0 aliphatic carbocycles. The van der Waals surface area contributed by atoms with Gasteiger partial charge in [-0.25, -0.2) is 10.3 Å². The van der Waals surface area contributed by atoms with E-state index in [1.807, 2.05) is 0 Å². The molecule has 0 saturated heterocycles.